The Morgan fingerprint density at radius 3 is 0.701 bits per heavy atom. The summed E-state index contributed by atoms with van der Waals surface area (Å²) in [5, 5.41) is 10.6. The summed E-state index contributed by atoms with van der Waals surface area (Å²) < 4.78 is 68.6. The van der Waals surface area contributed by atoms with E-state index in [0.29, 0.717) is 25.7 Å². The van der Waals surface area contributed by atoms with Gasteiger partial charge in [0.05, 0.1) is 26.4 Å². The van der Waals surface area contributed by atoms with E-state index >= 15 is 0 Å². The van der Waals surface area contributed by atoms with Crippen molar-refractivity contribution in [3.8, 4) is 0 Å². The third-order valence-corrected chi connectivity index (χ3v) is 20.0. The fourth-order valence-electron chi connectivity index (χ4n) is 12.0. The molecule has 2 unspecified atom stereocenters. The maximum atomic E-state index is 13.1. The fraction of sp³-hybridized carbons (Fsp3) is 0.949. The molecule has 17 nitrogen and oxygen atoms in total. The van der Waals surface area contributed by atoms with Crippen LogP contribution >= 0.6 is 15.6 Å². The quantitative estimate of drug-likeness (QED) is 0.0222. The maximum absolute atomic E-state index is 13.1. The summed E-state index contributed by atoms with van der Waals surface area (Å²) in [6.45, 7) is 11.9. The summed E-state index contributed by atoms with van der Waals surface area (Å²) >= 11 is 0. The molecule has 0 aromatic carbocycles. The van der Waals surface area contributed by atoms with E-state index in [9.17, 15) is 43.2 Å². The van der Waals surface area contributed by atoms with Crippen LogP contribution < -0.4 is 0 Å². The average Bonchev–Trinajstić information content (AvgIpc) is 1.48. The number of ether oxygens (including phenoxy) is 4. The molecule has 5 atom stereocenters. The number of phosphoric ester groups is 2. The van der Waals surface area contributed by atoms with Crippen molar-refractivity contribution in [1.82, 2.24) is 0 Å². The van der Waals surface area contributed by atoms with Crippen LogP contribution in [0.2, 0.25) is 0 Å². The van der Waals surface area contributed by atoms with Gasteiger partial charge >= 0.3 is 39.5 Å². The molecule has 0 fully saturated rings. The van der Waals surface area contributed by atoms with E-state index < -0.39 is 97.5 Å². The van der Waals surface area contributed by atoms with Gasteiger partial charge in [-0.1, -0.05) is 350 Å². The minimum atomic E-state index is -4.96. The number of unbranched alkanes of at least 4 members (excludes halogenated alkanes) is 44. The first-order chi connectivity index (χ1) is 46.7. The molecule has 0 aliphatic heterocycles. The maximum Gasteiger partial charge on any atom is 0.472 e. The molecule has 19 heteroatoms. The van der Waals surface area contributed by atoms with Crippen molar-refractivity contribution in [2.24, 2.45) is 17.8 Å². The summed E-state index contributed by atoms with van der Waals surface area (Å²) in [6.07, 6.45) is 55.5. The Hall–Kier alpha value is -1.94. The number of esters is 4. The summed E-state index contributed by atoms with van der Waals surface area (Å²) in [5.74, 6) is 0.212. The van der Waals surface area contributed by atoms with Crippen LogP contribution in [0.4, 0.5) is 0 Å². The number of aliphatic hydroxyl groups excluding tert-OH is 1. The molecule has 0 heterocycles. The van der Waals surface area contributed by atoms with Gasteiger partial charge in [0.25, 0.3) is 0 Å². The van der Waals surface area contributed by atoms with Gasteiger partial charge in [0.15, 0.2) is 12.2 Å². The molecule has 0 aromatic rings. The number of hydrogen-bond donors (Lipinski definition) is 3. The van der Waals surface area contributed by atoms with E-state index in [1.54, 1.807) is 0 Å². The van der Waals surface area contributed by atoms with Crippen molar-refractivity contribution < 1.29 is 80.2 Å². The monoisotopic (exact) mass is 1420 g/mol. The van der Waals surface area contributed by atoms with Gasteiger partial charge in [0, 0.05) is 25.7 Å². The van der Waals surface area contributed by atoms with Crippen LogP contribution in [0.3, 0.4) is 0 Å². The third-order valence-electron chi connectivity index (χ3n) is 18.1. The van der Waals surface area contributed by atoms with Crippen LogP contribution in [0.1, 0.15) is 402 Å². The smallest absolute Gasteiger partial charge is 0.462 e. The Bertz CT molecular complexity index is 1890. The van der Waals surface area contributed by atoms with Crippen LogP contribution in [-0.2, 0) is 65.4 Å². The molecular weight excluding hydrogens is 1270 g/mol. The molecule has 0 radical (unpaired) electrons. The molecule has 576 valence electrons. The SMILES string of the molecule is CCCCCCCCCCCCC(=O)OC[C@H](COP(=O)(O)OC[C@H](O)COP(=O)(O)OC[C@@H](COC(=O)CCCCCCCCCCCCCC(C)C)OC(=O)CCCCCCCCCCCCCCCCCCCCC(C)C)OC(=O)CCCCCCCCCCCC(C)C. The standard InChI is InChI=1S/C78H152O17P2/c1-8-9-10-11-12-13-31-38-45-52-59-75(80)88-65-74(95-78(83)62-55-48-41-34-27-30-37-44-51-58-71(6)7)68-93-97(86,87)91-64-72(79)63-90-96(84,85)92-67-73(66-89-76(81)60-53-46-39-32-26-22-24-29-36-43-50-57-70(4)5)94-77(82)61-54-47-40-33-25-21-19-17-15-14-16-18-20-23-28-35-42-49-56-69(2)3/h69-74,79H,8-68H2,1-7H3,(H,84,85)(H,86,87)/t72-,73-,74-/m1/s1. The molecule has 0 aliphatic rings. The van der Waals surface area contributed by atoms with Crippen molar-refractivity contribution in [2.75, 3.05) is 39.6 Å². The Morgan fingerprint density at radius 1 is 0.278 bits per heavy atom. The van der Waals surface area contributed by atoms with Gasteiger partial charge in [-0.2, -0.15) is 0 Å². The number of hydrogen-bond acceptors (Lipinski definition) is 15. The summed E-state index contributed by atoms with van der Waals surface area (Å²) in [6, 6.07) is 0. The normalized spacial score (nSPS) is 14.0. The zero-order valence-electron chi connectivity index (χ0n) is 63.5. The molecule has 0 amide bonds. The Morgan fingerprint density at radius 2 is 0.474 bits per heavy atom. The highest BCUT2D eigenvalue weighted by Gasteiger charge is 2.30. The Kier molecular flexibility index (Phi) is 67.1. The number of aliphatic hydroxyl groups is 1. The number of rotatable bonds is 76. The second kappa shape index (κ2) is 68.5. The Labute approximate surface area is 594 Å². The van der Waals surface area contributed by atoms with E-state index in [1.807, 2.05) is 0 Å². The van der Waals surface area contributed by atoms with Crippen molar-refractivity contribution in [2.45, 2.75) is 420 Å². The van der Waals surface area contributed by atoms with E-state index in [0.717, 1.165) is 108 Å². The number of carbonyl (C=O) groups excluding carboxylic acids is 4. The van der Waals surface area contributed by atoms with Gasteiger partial charge < -0.3 is 33.8 Å². The van der Waals surface area contributed by atoms with Gasteiger partial charge in [-0.3, -0.25) is 37.3 Å². The van der Waals surface area contributed by atoms with Crippen molar-refractivity contribution in [3.63, 3.8) is 0 Å². The van der Waals surface area contributed by atoms with Crippen LogP contribution in [0, 0.1) is 17.8 Å². The first-order valence-electron chi connectivity index (χ1n) is 40.3. The molecule has 97 heavy (non-hydrogen) atoms. The van der Waals surface area contributed by atoms with Crippen LogP contribution in [0.25, 0.3) is 0 Å². The molecule has 3 N–H and O–H groups in total. The van der Waals surface area contributed by atoms with Gasteiger partial charge in [-0.25, -0.2) is 9.13 Å². The average molecular weight is 1420 g/mol. The van der Waals surface area contributed by atoms with E-state index in [4.69, 9.17) is 37.0 Å². The zero-order valence-corrected chi connectivity index (χ0v) is 65.3. The lowest BCUT2D eigenvalue weighted by Crippen LogP contribution is -2.30. The predicted molar refractivity (Wildman–Crippen MR) is 395 cm³/mol. The summed E-state index contributed by atoms with van der Waals surface area (Å²) in [4.78, 5) is 72.8. The van der Waals surface area contributed by atoms with Crippen LogP contribution in [-0.4, -0.2) is 96.7 Å². The highest BCUT2D eigenvalue weighted by atomic mass is 31.2. The van der Waals surface area contributed by atoms with E-state index in [-0.39, 0.29) is 25.7 Å². The third kappa shape index (κ3) is 72.2. The van der Waals surface area contributed by atoms with Crippen molar-refractivity contribution >= 4 is 39.5 Å². The molecule has 0 rings (SSSR count). The molecular formula is C78H152O17P2. The zero-order chi connectivity index (χ0) is 71.6. The topological polar surface area (TPSA) is 237 Å². The molecule has 0 saturated heterocycles. The highest BCUT2D eigenvalue weighted by Crippen LogP contribution is 2.45. The second-order valence-corrected chi connectivity index (χ2v) is 32.4. The predicted octanol–water partition coefficient (Wildman–Crippen LogP) is 23.0. The van der Waals surface area contributed by atoms with Gasteiger partial charge in [-0.15, -0.1) is 0 Å². The van der Waals surface area contributed by atoms with E-state index in [1.165, 1.54) is 212 Å². The van der Waals surface area contributed by atoms with E-state index in [2.05, 4.69) is 48.5 Å². The second-order valence-electron chi connectivity index (χ2n) is 29.5. The first-order valence-corrected chi connectivity index (χ1v) is 43.3. The Balaban J connectivity index is 5.21. The summed E-state index contributed by atoms with van der Waals surface area (Å²) in [7, 11) is -9.91. The van der Waals surface area contributed by atoms with Crippen molar-refractivity contribution in [3.05, 3.63) is 0 Å². The molecule has 0 aromatic heterocycles. The first kappa shape index (κ1) is 95.1. The minimum Gasteiger partial charge on any atom is -0.462 e. The van der Waals surface area contributed by atoms with Crippen molar-refractivity contribution in [1.29, 1.82) is 0 Å². The molecule has 0 spiro atoms. The lowest BCUT2D eigenvalue weighted by Gasteiger charge is -2.21. The summed E-state index contributed by atoms with van der Waals surface area (Å²) in [5.41, 5.74) is 0. The largest absolute Gasteiger partial charge is 0.472 e. The molecule has 0 bridgehead atoms. The minimum absolute atomic E-state index is 0.105. The number of phosphoric acid groups is 2. The highest BCUT2D eigenvalue weighted by molar-refractivity contribution is 7.47. The lowest BCUT2D eigenvalue weighted by molar-refractivity contribution is -0.161. The molecule has 0 aliphatic carbocycles. The van der Waals surface area contributed by atoms with Crippen LogP contribution in [0.15, 0.2) is 0 Å². The fourth-order valence-corrected chi connectivity index (χ4v) is 13.5. The van der Waals surface area contributed by atoms with Gasteiger partial charge in [0.2, 0.25) is 0 Å². The van der Waals surface area contributed by atoms with Gasteiger partial charge in [0.1, 0.15) is 19.3 Å². The lowest BCUT2D eigenvalue weighted by atomic mass is 10.0. The van der Waals surface area contributed by atoms with Gasteiger partial charge in [-0.05, 0) is 43.4 Å². The number of carbonyl (C=O) groups is 4. The molecule has 0 saturated carbocycles. The van der Waals surface area contributed by atoms with Crippen LogP contribution in [0.5, 0.6) is 0 Å².